The van der Waals surface area contributed by atoms with Gasteiger partial charge < -0.3 is 14.2 Å². The molecule has 33 heavy (non-hydrogen) atoms. The molecule has 1 aliphatic rings. The average Bonchev–Trinajstić information content (AvgIpc) is 3.31. The van der Waals surface area contributed by atoms with Gasteiger partial charge in [0.1, 0.15) is 11.4 Å². The number of methoxy groups -OCH3 is 1. The fourth-order valence-corrected chi connectivity index (χ4v) is 4.04. The number of nitro groups is 1. The second kappa shape index (κ2) is 10.5. The molecule has 4 rings (SSSR count). The van der Waals surface area contributed by atoms with Gasteiger partial charge in [-0.05, 0) is 37.4 Å². The normalized spacial score (nSPS) is 14.6. The minimum absolute atomic E-state index is 0.0273. The molecule has 2 aromatic carbocycles. The van der Waals surface area contributed by atoms with Crippen molar-refractivity contribution < 1.29 is 14.2 Å². The van der Waals surface area contributed by atoms with Gasteiger partial charge in [0.25, 0.3) is 5.69 Å². The van der Waals surface area contributed by atoms with Gasteiger partial charge in [0.15, 0.2) is 5.76 Å². The molecule has 0 spiro atoms. The monoisotopic (exact) mass is 451 g/mol. The van der Waals surface area contributed by atoms with Crippen LogP contribution in [0.25, 0.3) is 11.3 Å². The van der Waals surface area contributed by atoms with Crippen LogP contribution >= 0.6 is 0 Å². The van der Waals surface area contributed by atoms with Crippen LogP contribution in [0.2, 0.25) is 0 Å². The fraction of sp³-hybridized carbons (Fsp3) is 0.375. The van der Waals surface area contributed by atoms with Gasteiger partial charge in [-0.1, -0.05) is 17.3 Å². The second-order valence-electron chi connectivity index (χ2n) is 8.22. The number of para-hydroxylation sites is 1. The smallest absolute Gasteiger partial charge is 0.278 e. The SMILES string of the molecule is COc1ccc(N2CCN(CCN(C)Cc3cc(-c4ccccc4[N+](=O)[O-])no3)CC2)cc1. The number of nitrogens with zero attached hydrogens (tertiary/aromatic N) is 5. The fourth-order valence-electron chi connectivity index (χ4n) is 4.04. The van der Waals surface area contributed by atoms with Crippen molar-refractivity contribution in [3.05, 3.63) is 70.5 Å². The van der Waals surface area contributed by atoms with Crippen LogP contribution in [0.15, 0.2) is 59.1 Å². The minimum atomic E-state index is -0.399. The van der Waals surface area contributed by atoms with E-state index in [1.807, 2.05) is 19.2 Å². The van der Waals surface area contributed by atoms with Crippen molar-refractivity contribution >= 4 is 11.4 Å². The lowest BCUT2D eigenvalue weighted by Crippen LogP contribution is -2.48. The van der Waals surface area contributed by atoms with Gasteiger partial charge in [-0.15, -0.1) is 0 Å². The van der Waals surface area contributed by atoms with E-state index in [1.165, 1.54) is 11.8 Å². The summed E-state index contributed by atoms with van der Waals surface area (Å²) in [5.74, 6) is 1.57. The lowest BCUT2D eigenvalue weighted by atomic mass is 10.1. The zero-order valence-electron chi connectivity index (χ0n) is 19.0. The second-order valence-corrected chi connectivity index (χ2v) is 8.22. The number of aromatic nitrogens is 1. The molecule has 1 aromatic heterocycles. The lowest BCUT2D eigenvalue weighted by molar-refractivity contribution is -0.384. The van der Waals surface area contributed by atoms with E-state index in [4.69, 9.17) is 9.26 Å². The molecule has 0 saturated carbocycles. The Morgan fingerprint density at radius 3 is 2.55 bits per heavy atom. The van der Waals surface area contributed by atoms with Crippen LogP contribution in [0.5, 0.6) is 5.75 Å². The van der Waals surface area contributed by atoms with Crippen molar-refractivity contribution in [2.45, 2.75) is 6.54 Å². The maximum absolute atomic E-state index is 11.3. The quantitative estimate of drug-likeness (QED) is 0.361. The van der Waals surface area contributed by atoms with Gasteiger partial charge in [0.05, 0.1) is 24.1 Å². The Balaban J connectivity index is 1.24. The summed E-state index contributed by atoms with van der Waals surface area (Å²) < 4.78 is 10.7. The third kappa shape index (κ3) is 5.68. The highest BCUT2D eigenvalue weighted by Gasteiger charge is 2.20. The number of hydrogen-bond acceptors (Lipinski definition) is 8. The van der Waals surface area contributed by atoms with Crippen LogP contribution in [0.4, 0.5) is 11.4 Å². The summed E-state index contributed by atoms with van der Waals surface area (Å²) in [5, 5.41) is 15.3. The minimum Gasteiger partial charge on any atom is -0.497 e. The Kier molecular flexibility index (Phi) is 7.21. The summed E-state index contributed by atoms with van der Waals surface area (Å²) in [6, 6.07) is 16.6. The molecule has 1 fully saturated rings. The molecule has 9 nitrogen and oxygen atoms in total. The zero-order valence-corrected chi connectivity index (χ0v) is 19.0. The number of ether oxygens (including phenoxy) is 1. The van der Waals surface area contributed by atoms with Gasteiger partial charge in [0.2, 0.25) is 0 Å². The predicted molar refractivity (Wildman–Crippen MR) is 127 cm³/mol. The molecule has 0 unspecified atom stereocenters. The Labute approximate surface area is 193 Å². The maximum atomic E-state index is 11.3. The molecule has 0 atom stereocenters. The summed E-state index contributed by atoms with van der Waals surface area (Å²) in [6.45, 7) is 6.49. The van der Waals surface area contributed by atoms with E-state index in [0.29, 0.717) is 23.6 Å². The van der Waals surface area contributed by atoms with Gasteiger partial charge in [0, 0.05) is 57.1 Å². The number of nitro benzene ring substituents is 1. The average molecular weight is 452 g/mol. The highest BCUT2D eigenvalue weighted by atomic mass is 16.6. The molecule has 0 amide bonds. The number of hydrogen-bond donors (Lipinski definition) is 0. The van der Waals surface area contributed by atoms with Crippen LogP contribution < -0.4 is 9.64 Å². The number of anilines is 1. The number of piperazine rings is 1. The van der Waals surface area contributed by atoms with Crippen molar-refractivity contribution in [2.75, 3.05) is 58.3 Å². The van der Waals surface area contributed by atoms with Crippen LogP contribution in [-0.4, -0.2) is 73.3 Å². The number of likely N-dealkylation sites (N-methyl/N-ethyl adjacent to an activating group) is 1. The van der Waals surface area contributed by atoms with E-state index in [2.05, 4.69) is 32.0 Å². The highest BCUT2D eigenvalue weighted by molar-refractivity contribution is 5.70. The zero-order chi connectivity index (χ0) is 23.2. The first-order chi connectivity index (χ1) is 16.0. The predicted octanol–water partition coefficient (Wildman–Crippen LogP) is 3.51. The molecule has 174 valence electrons. The van der Waals surface area contributed by atoms with Crippen molar-refractivity contribution in [1.29, 1.82) is 0 Å². The summed E-state index contributed by atoms with van der Waals surface area (Å²) in [5.41, 5.74) is 2.21. The van der Waals surface area contributed by atoms with Crippen LogP contribution in [0.3, 0.4) is 0 Å². The van der Waals surface area contributed by atoms with E-state index in [-0.39, 0.29) is 5.69 Å². The molecular weight excluding hydrogens is 422 g/mol. The van der Waals surface area contributed by atoms with E-state index in [0.717, 1.165) is 45.0 Å². The molecule has 2 heterocycles. The molecular formula is C24H29N5O4. The molecule has 0 bridgehead atoms. The van der Waals surface area contributed by atoms with Crippen molar-refractivity contribution in [2.24, 2.45) is 0 Å². The summed E-state index contributed by atoms with van der Waals surface area (Å²) >= 11 is 0. The van der Waals surface area contributed by atoms with Crippen molar-refractivity contribution in [3.63, 3.8) is 0 Å². The van der Waals surface area contributed by atoms with Gasteiger partial charge in [-0.3, -0.25) is 19.9 Å². The van der Waals surface area contributed by atoms with E-state index in [9.17, 15) is 10.1 Å². The van der Waals surface area contributed by atoms with Crippen LogP contribution in [-0.2, 0) is 6.54 Å². The molecule has 0 radical (unpaired) electrons. The maximum Gasteiger partial charge on any atom is 0.278 e. The largest absolute Gasteiger partial charge is 0.497 e. The van der Waals surface area contributed by atoms with E-state index in [1.54, 1.807) is 31.4 Å². The topological polar surface area (TPSA) is 88.1 Å². The summed E-state index contributed by atoms with van der Waals surface area (Å²) in [4.78, 5) is 17.9. The third-order valence-electron chi connectivity index (χ3n) is 5.97. The van der Waals surface area contributed by atoms with Crippen molar-refractivity contribution in [3.8, 4) is 17.0 Å². The molecule has 9 heteroatoms. The standard InChI is InChI=1S/C24H29N5O4/c1-26(18-21-17-23(25-33-21)22-5-3-4-6-24(22)29(30)31)11-12-27-13-15-28(16-14-27)19-7-9-20(32-2)10-8-19/h3-10,17H,11-16,18H2,1-2H3. The van der Waals surface area contributed by atoms with Gasteiger partial charge in [-0.25, -0.2) is 0 Å². The molecule has 0 aliphatic carbocycles. The Bertz CT molecular complexity index is 1060. The number of benzene rings is 2. The summed E-state index contributed by atoms with van der Waals surface area (Å²) in [7, 11) is 3.72. The van der Waals surface area contributed by atoms with Crippen molar-refractivity contribution in [1.82, 2.24) is 15.0 Å². The van der Waals surface area contributed by atoms with E-state index < -0.39 is 4.92 Å². The van der Waals surface area contributed by atoms with E-state index >= 15 is 0 Å². The first kappa shape index (κ1) is 22.8. The molecule has 1 aliphatic heterocycles. The Morgan fingerprint density at radius 1 is 1.12 bits per heavy atom. The van der Waals surface area contributed by atoms with Crippen LogP contribution in [0.1, 0.15) is 5.76 Å². The Morgan fingerprint density at radius 2 is 1.85 bits per heavy atom. The summed E-state index contributed by atoms with van der Waals surface area (Å²) in [6.07, 6.45) is 0. The lowest BCUT2D eigenvalue weighted by Gasteiger charge is -2.36. The molecule has 1 saturated heterocycles. The first-order valence-electron chi connectivity index (χ1n) is 11.0. The van der Waals surface area contributed by atoms with Gasteiger partial charge >= 0.3 is 0 Å². The molecule has 0 N–H and O–H groups in total. The third-order valence-corrected chi connectivity index (χ3v) is 5.97. The Hall–Kier alpha value is -3.43. The van der Waals surface area contributed by atoms with Gasteiger partial charge in [-0.2, -0.15) is 0 Å². The number of rotatable bonds is 9. The van der Waals surface area contributed by atoms with Crippen LogP contribution in [0, 0.1) is 10.1 Å². The highest BCUT2D eigenvalue weighted by Crippen LogP contribution is 2.29. The molecule has 3 aromatic rings. The first-order valence-corrected chi connectivity index (χ1v) is 11.0.